The fraction of sp³-hybridized carbons (Fsp3) is 0.533. The Bertz CT molecular complexity index is 426. The van der Waals surface area contributed by atoms with Crippen LogP contribution in [0.4, 0.5) is 4.39 Å². The molecule has 0 aromatic heterocycles. The third-order valence-corrected chi connectivity index (χ3v) is 2.48. The molecule has 112 valence electrons. The van der Waals surface area contributed by atoms with Gasteiger partial charge in [-0.05, 0) is 29.7 Å². The van der Waals surface area contributed by atoms with E-state index in [2.05, 4.69) is 5.32 Å². The van der Waals surface area contributed by atoms with Crippen LogP contribution >= 0.6 is 0 Å². The van der Waals surface area contributed by atoms with Crippen LogP contribution in [0.2, 0.25) is 0 Å². The maximum atomic E-state index is 12.7. The Kier molecular flexibility index (Phi) is 5.95. The van der Waals surface area contributed by atoms with E-state index in [-0.39, 0.29) is 30.3 Å². The number of aliphatic hydroxyl groups excluding tert-OH is 1. The topological polar surface area (TPSA) is 58.6 Å². The Morgan fingerprint density at radius 1 is 1.35 bits per heavy atom. The predicted octanol–water partition coefficient (Wildman–Crippen LogP) is 2.12. The maximum Gasteiger partial charge on any atom is 0.220 e. The molecule has 5 heteroatoms. The lowest BCUT2D eigenvalue weighted by molar-refractivity contribution is -0.123. The van der Waals surface area contributed by atoms with E-state index in [4.69, 9.17) is 4.74 Å². The summed E-state index contributed by atoms with van der Waals surface area (Å²) < 4.78 is 18.0. The summed E-state index contributed by atoms with van der Waals surface area (Å²) in [6.07, 6.45) is -0.401. The highest BCUT2D eigenvalue weighted by Gasteiger charge is 2.16. The van der Waals surface area contributed by atoms with Gasteiger partial charge in [-0.2, -0.15) is 0 Å². The van der Waals surface area contributed by atoms with Gasteiger partial charge in [0.25, 0.3) is 0 Å². The van der Waals surface area contributed by atoms with Crippen molar-refractivity contribution in [1.82, 2.24) is 5.32 Å². The van der Waals surface area contributed by atoms with E-state index in [9.17, 15) is 14.3 Å². The van der Waals surface area contributed by atoms with Crippen LogP contribution in [0, 0.1) is 11.2 Å². The smallest absolute Gasteiger partial charge is 0.220 e. The molecular formula is C15H22FNO3. The average Bonchev–Trinajstić information content (AvgIpc) is 2.33. The van der Waals surface area contributed by atoms with E-state index in [1.807, 2.05) is 20.8 Å². The summed E-state index contributed by atoms with van der Waals surface area (Å²) in [5.74, 6) is 0.0390. The zero-order valence-corrected chi connectivity index (χ0v) is 12.1. The van der Waals surface area contributed by atoms with Crippen molar-refractivity contribution in [2.75, 3.05) is 13.2 Å². The molecule has 1 amide bonds. The Labute approximate surface area is 119 Å². The van der Waals surface area contributed by atoms with Gasteiger partial charge in [0.15, 0.2) is 0 Å². The summed E-state index contributed by atoms with van der Waals surface area (Å²) in [5.41, 5.74) is -0.0837. The minimum absolute atomic E-state index is 0.0431. The van der Waals surface area contributed by atoms with Crippen LogP contribution in [0.15, 0.2) is 24.3 Å². The van der Waals surface area contributed by atoms with Crippen molar-refractivity contribution in [3.8, 4) is 5.75 Å². The number of hydrogen-bond donors (Lipinski definition) is 2. The van der Waals surface area contributed by atoms with Gasteiger partial charge in [0.1, 0.15) is 24.3 Å². The molecule has 1 aromatic carbocycles. The van der Waals surface area contributed by atoms with E-state index in [1.165, 1.54) is 24.3 Å². The van der Waals surface area contributed by atoms with Crippen LogP contribution in [0.1, 0.15) is 27.2 Å². The number of rotatable bonds is 6. The summed E-state index contributed by atoms with van der Waals surface area (Å²) in [7, 11) is 0. The highest BCUT2D eigenvalue weighted by Crippen LogP contribution is 2.17. The predicted molar refractivity (Wildman–Crippen MR) is 75.0 cm³/mol. The zero-order chi connectivity index (χ0) is 15.2. The second-order valence-corrected chi connectivity index (χ2v) is 5.96. The molecule has 2 N–H and O–H groups in total. The standard InChI is InChI=1S/C15H22FNO3/c1-15(2,3)8-14(19)17-9-12(18)10-20-13-6-4-11(16)5-7-13/h4-7,12,18H,8-10H2,1-3H3,(H,17,19). The Morgan fingerprint density at radius 2 is 1.95 bits per heavy atom. The molecular weight excluding hydrogens is 261 g/mol. The van der Waals surface area contributed by atoms with Crippen LogP contribution in [0.3, 0.4) is 0 Å². The first-order chi connectivity index (χ1) is 9.26. The van der Waals surface area contributed by atoms with Crippen LogP contribution in [-0.2, 0) is 4.79 Å². The summed E-state index contributed by atoms with van der Waals surface area (Å²) >= 11 is 0. The van der Waals surface area contributed by atoms with Crippen LogP contribution in [0.25, 0.3) is 0 Å². The van der Waals surface area contributed by atoms with Crippen molar-refractivity contribution in [2.45, 2.75) is 33.3 Å². The third-order valence-electron chi connectivity index (χ3n) is 2.48. The first-order valence-corrected chi connectivity index (χ1v) is 6.59. The van der Waals surface area contributed by atoms with Gasteiger partial charge in [-0.3, -0.25) is 4.79 Å². The van der Waals surface area contributed by atoms with Gasteiger partial charge in [-0.15, -0.1) is 0 Å². The van der Waals surface area contributed by atoms with Gasteiger partial charge in [-0.1, -0.05) is 20.8 Å². The molecule has 4 nitrogen and oxygen atoms in total. The summed E-state index contributed by atoms with van der Waals surface area (Å²) in [4.78, 5) is 11.6. The molecule has 0 aliphatic heterocycles. The lowest BCUT2D eigenvalue weighted by atomic mass is 9.92. The maximum absolute atomic E-state index is 12.7. The first kappa shape index (κ1) is 16.4. The van der Waals surface area contributed by atoms with E-state index in [0.717, 1.165) is 0 Å². The molecule has 0 saturated heterocycles. The minimum Gasteiger partial charge on any atom is -0.491 e. The molecule has 1 rings (SSSR count). The fourth-order valence-electron chi connectivity index (χ4n) is 1.56. The number of benzene rings is 1. The number of carbonyl (C=O) groups excluding carboxylic acids is 1. The molecule has 0 heterocycles. The molecule has 0 saturated carbocycles. The molecule has 0 bridgehead atoms. The Hall–Kier alpha value is -1.62. The average molecular weight is 283 g/mol. The minimum atomic E-state index is -0.802. The number of ether oxygens (including phenoxy) is 1. The molecule has 0 spiro atoms. The second-order valence-electron chi connectivity index (χ2n) is 5.96. The number of carbonyl (C=O) groups is 1. The molecule has 0 aliphatic carbocycles. The summed E-state index contributed by atoms with van der Waals surface area (Å²) in [5, 5.41) is 12.4. The van der Waals surface area contributed by atoms with Gasteiger partial charge in [0, 0.05) is 13.0 Å². The second kappa shape index (κ2) is 7.24. The van der Waals surface area contributed by atoms with Crippen molar-refractivity contribution < 1.29 is 19.0 Å². The molecule has 1 atom stereocenters. The Morgan fingerprint density at radius 3 is 2.50 bits per heavy atom. The molecule has 0 fully saturated rings. The zero-order valence-electron chi connectivity index (χ0n) is 12.1. The Balaban J connectivity index is 2.25. The van der Waals surface area contributed by atoms with E-state index in [0.29, 0.717) is 12.2 Å². The van der Waals surface area contributed by atoms with Crippen LogP contribution in [-0.4, -0.2) is 30.3 Å². The number of aliphatic hydroxyl groups is 1. The van der Waals surface area contributed by atoms with Crippen molar-refractivity contribution >= 4 is 5.91 Å². The fourth-order valence-corrected chi connectivity index (χ4v) is 1.56. The van der Waals surface area contributed by atoms with Crippen molar-refractivity contribution in [3.63, 3.8) is 0 Å². The summed E-state index contributed by atoms with van der Waals surface area (Å²) in [6.45, 7) is 6.10. The molecule has 0 radical (unpaired) electrons. The van der Waals surface area contributed by atoms with Crippen molar-refractivity contribution in [1.29, 1.82) is 0 Å². The lowest BCUT2D eigenvalue weighted by Crippen LogP contribution is -2.36. The number of hydrogen-bond acceptors (Lipinski definition) is 3. The molecule has 1 aromatic rings. The number of nitrogens with one attached hydrogen (secondary N) is 1. The highest BCUT2D eigenvalue weighted by molar-refractivity contribution is 5.76. The quantitative estimate of drug-likeness (QED) is 0.840. The molecule has 0 aliphatic rings. The third kappa shape index (κ3) is 7.09. The van der Waals surface area contributed by atoms with Crippen molar-refractivity contribution in [2.24, 2.45) is 5.41 Å². The monoisotopic (exact) mass is 283 g/mol. The van der Waals surface area contributed by atoms with E-state index >= 15 is 0 Å². The van der Waals surface area contributed by atoms with Gasteiger partial charge in [-0.25, -0.2) is 4.39 Å². The molecule has 1 unspecified atom stereocenters. The van der Waals surface area contributed by atoms with E-state index < -0.39 is 6.10 Å². The van der Waals surface area contributed by atoms with Crippen LogP contribution in [0.5, 0.6) is 5.75 Å². The lowest BCUT2D eigenvalue weighted by Gasteiger charge is -2.18. The summed E-state index contributed by atoms with van der Waals surface area (Å²) in [6, 6.07) is 5.54. The van der Waals surface area contributed by atoms with Gasteiger partial charge < -0.3 is 15.2 Å². The number of halogens is 1. The first-order valence-electron chi connectivity index (χ1n) is 6.59. The SMILES string of the molecule is CC(C)(C)CC(=O)NCC(O)COc1ccc(F)cc1. The van der Waals surface area contributed by atoms with E-state index in [1.54, 1.807) is 0 Å². The van der Waals surface area contributed by atoms with Gasteiger partial charge in [0.05, 0.1) is 0 Å². The highest BCUT2D eigenvalue weighted by atomic mass is 19.1. The van der Waals surface area contributed by atoms with Crippen LogP contribution < -0.4 is 10.1 Å². The van der Waals surface area contributed by atoms with Gasteiger partial charge >= 0.3 is 0 Å². The molecule has 20 heavy (non-hydrogen) atoms. The normalized spacial score (nSPS) is 12.8. The van der Waals surface area contributed by atoms with Gasteiger partial charge in [0.2, 0.25) is 5.91 Å². The largest absolute Gasteiger partial charge is 0.491 e. The van der Waals surface area contributed by atoms with Crippen molar-refractivity contribution in [3.05, 3.63) is 30.1 Å². The number of amides is 1.